The summed E-state index contributed by atoms with van der Waals surface area (Å²) in [6, 6.07) is 3.27. The molecule has 5 heteroatoms. The van der Waals surface area contributed by atoms with Gasteiger partial charge in [0.1, 0.15) is 0 Å². The first-order valence-electron chi connectivity index (χ1n) is 5.06. The second kappa shape index (κ2) is 5.98. The fourth-order valence-electron chi connectivity index (χ4n) is 1.49. The van der Waals surface area contributed by atoms with Gasteiger partial charge in [0.05, 0.1) is 26.9 Å². The number of rotatable bonds is 5. The van der Waals surface area contributed by atoms with E-state index in [0.29, 0.717) is 29.4 Å². The molecule has 5 nitrogen and oxygen atoms in total. The van der Waals surface area contributed by atoms with Crippen molar-refractivity contribution in [3.8, 4) is 17.2 Å². The molecule has 0 saturated heterocycles. The molecular weight excluding hydrogens is 222 g/mol. The average molecular weight is 238 g/mol. The first-order valence-corrected chi connectivity index (χ1v) is 5.06. The van der Waals surface area contributed by atoms with E-state index < -0.39 is 0 Å². The zero-order valence-corrected chi connectivity index (χ0v) is 10.2. The minimum absolute atomic E-state index is 0.266. The molecular formula is C12H16NO4. The van der Waals surface area contributed by atoms with Gasteiger partial charge in [0.2, 0.25) is 5.75 Å². The van der Waals surface area contributed by atoms with E-state index >= 15 is 0 Å². The summed E-state index contributed by atoms with van der Waals surface area (Å²) in [5.74, 6) is 0.984. The van der Waals surface area contributed by atoms with Gasteiger partial charge < -0.3 is 19.5 Å². The van der Waals surface area contributed by atoms with Crippen LogP contribution in [0.25, 0.3) is 0 Å². The van der Waals surface area contributed by atoms with Crippen molar-refractivity contribution >= 4 is 5.91 Å². The summed E-state index contributed by atoms with van der Waals surface area (Å²) in [5, 5.41) is 2.60. The van der Waals surface area contributed by atoms with Crippen LogP contribution in [0, 0.1) is 6.92 Å². The number of hydrogen-bond acceptors (Lipinski definition) is 4. The van der Waals surface area contributed by atoms with Crippen molar-refractivity contribution < 1.29 is 19.0 Å². The highest BCUT2D eigenvalue weighted by atomic mass is 16.5. The van der Waals surface area contributed by atoms with Crippen LogP contribution in [-0.2, 0) is 0 Å². The molecule has 93 valence electrons. The number of methoxy groups -OCH3 is 3. The Balaban J connectivity index is 3.27. The number of benzene rings is 1. The molecule has 0 spiro atoms. The lowest BCUT2D eigenvalue weighted by molar-refractivity contribution is 0.0954. The van der Waals surface area contributed by atoms with Crippen LogP contribution in [0.3, 0.4) is 0 Å². The Kier molecular flexibility index (Phi) is 4.63. The second-order valence-electron chi connectivity index (χ2n) is 3.14. The summed E-state index contributed by atoms with van der Waals surface area (Å²) in [6.45, 7) is 3.86. The van der Waals surface area contributed by atoms with E-state index in [-0.39, 0.29) is 5.91 Å². The molecule has 17 heavy (non-hydrogen) atoms. The lowest BCUT2D eigenvalue weighted by Crippen LogP contribution is -2.23. The molecule has 1 aromatic rings. The molecule has 0 heterocycles. The van der Waals surface area contributed by atoms with Gasteiger partial charge in [-0.25, -0.2) is 0 Å². The third-order valence-corrected chi connectivity index (χ3v) is 2.23. The highest BCUT2D eigenvalue weighted by molar-refractivity contribution is 5.98. The lowest BCUT2D eigenvalue weighted by atomic mass is 10.1. The Morgan fingerprint density at radius 1 is 1.18 bits per heavy atom. The van der Waals surface area contributed by atoms with E-state index in [1.807, 2.05) is 0 Å². The Bertz CT molecular complexity index is 404. The van der Waals surface area contributed by atoms with Crippen LogP contribution in [0.15, 0.2) is 12.1 Å². The predicted octanol–water partition coefficient (Wildman–Crippen LogP) is 1.28. The Morgan fingerprint density at radius 2 is 1.82 bits per heavy atom. The van der Waals surface area contributed by atoms with E-state index in [0.717, 1.165) is 0 Å². The molecule has 0 saturated carbocycles. The summed E-state index contributed by atoms with van der Waals surface area (Å²) < 4.78 is 15.5. The van der Waals surface area contributed by atoms with Crippen molar-refractivity contribution in [3.05, 3.63) is 24.6 Å². The fraction of sp³-hybridized carbons (Fsp3) is 0.333. The Labute approximate surface area is 101 Å². The molecule has 0 aromatic heterocycles. The zero-order chi connectivity index (χ0) is 12.8. The fourth-order valence-corrected chi connectivity index (χ4v) is 1.49. The average Bonchev–Trinajstić information content (AvgIpc) is 2.36. The van der Waals surface area contributed by atoms with E-state index in [1.54, 1.807) is 12.1 Å². The van der Waals surface area contributed by atoms with Gasteiger partial charge in [-0.15, -0.1) is 0 Å². The molecule has 0 bridgehead atoms. The van der Waals surface area contributed by atoms with Gasteiger partial charge in [-0.2, -0.15) is 0 Å². The van der Waals surface area contributed by atoms with Gasteiger partial charge in [-0.3, -0.25) is 4.79 Å². The number of carbonyl (C=O) groups excluding carboxylic acids is 1. The number of carbonyl (C=O) groups is 1. The summed E-state index contributed by atoms with van der Waals surface area (Å²) in [7, 11) is 4.48. The Morgan fingerprint density at radius 3 is 2.29 bits per heavy atom. The van der Waals surface area contributed by atoms with Crippen LogP contribution in [0.2, 0.25) is 0 Å². The molecule has 1 rings (SSSR count). The van der Waals surface area contributed by atoms with E-state index in [1.165, 1.54) is 21.3 Å². The van der Waals surface area contributed by atoms with E-state index in [9.17, 15) is 4.79 Å². The number of hydrogen-bond donors (Lipinski definition) is 1. The Hall–Kier alpha value is -1.91. The van der Waals surface area contributed by atoms with Gasteiger partial charge in [0.15, 0.2) is 11.5 Å². The van der Waals surface area contributed by atoms with Gasteiger partial charge >= 0.3 is 0 Å². The third-order valence-electron chi connectivity index (χ3n) is 2.23. The monoisotopic (exact) mass is 238 g/mol. The second-order valence-corrected chi connectivity index (χ2v) is 3.14. The molecule has 0 aliphatic carbocycles. The van der Waals surface area contributed by atoms with Crippen LogP contribution >= 0.6 is 0 Å². The van der Waals surface area contributed by atoms with E-state index in [2.05, 4.69) is 12.2 Å². The zero-order valence-electron chi connectivity index (χ0n) is 10.2. The van der Waals surface area contributed by atoms with Crippen LogP contribution < -0.4 is 19.5 Å². The van der Waals surface area contributed by atoms with Gasteiger partial charge in [0.25, 0.3) is 5.91 Å². The SMILES string of the molecule is [CH2]CNC(=O)c1ccc(OC)c(OC)c1OC. The van der Waals surface area contributed by atoms with Gasteiger partial charge in [-0.1, -0.05) is 0 Å². The molecule has 0 fully saturated rings. The molecule has 1 radical (unpaired) electrons. The molecule has 0 unspecified atom stereocenters. The summed E-state index contributed by atoms with van der Waals surface area (Å²) in [6.07, 6.45) is 0. The van der Waals surface area contributed by atoms with Crippen LogP contribution in [0.5, 0.6) is 17.2 Å². The minimum atomic E-state index is -0.266. The van der Waals surface area contributed by atoms with Crippen molar-refractivity contribution in [1.29, 1.82) is 0 Å². The molecule has 1 aromatic carbocycles. The highest BCUT2D eigenvalue weighted by Crippen LogP contribution is 2.39. The van der Waals surface area contributed by atoms with Crippen LogP contribution in [-0.4, -0.2) is 33.8 Å². The van der Waals surface area contributed by atoms with Crippen LogP contribution in [0.4, 0.5) is 0 Å². The maximum Gasteiger partial charge on any atom is 0.255 e. The topological polar surface area (TPSA) is 56.8 Å². The normalized spacial score (nSPS) is 9.65. The van der Waals surface area contributed by atoms with Crippen LogP contribution in [0.1, 0.15) is 10.4 Å². The smallest absolute Gasteiger partial charge is 0.255 e. The minimum Gasteiger partial charge on any atom is -0.493 e. The largest absolute Gasteiger partial charge is 0.493 e. The van der Waals surface area contributed by atoms with Gasteiger partial charge in [0, 0.05) is 6.54 Å². The lowest BCUT2D eigenvalue weighted by Gasteiger charge is -2.15. The summed E-state index contributed by atoms with van der Waals surface area (Å²) >= 11 is 0. The third kappa shape index (κ3) is 2.61. The molecule has 0 atom stereocenters. The summed E-state index contributed by atoms with van der Waals surface area (Å²) in [5.41, 5.74) is 0.383. The first kappa shape index (κ1) is 13.2. The van der Waals surface area contributed by atoms with E-state index in [4.69, 9.17) is 14.2 Å². The van der Waals surface area contributed by atoms with Crippen molar-refractivity contribution in [3.63, 3.8) is 0 Å². The maximum atomic E-state index is 11.8. The molecule has 1 amide bonds. The highest BCUT2D eigenvalue weighted by Gasteiger charge is 2.19. The van der Waals surface area contributed by atoms with Crippen molar-refractivity contribution in [2.24, 2.45) is 0 Å². The van der Waals surface area contributed by atoms with Crippen molar-refractivity contribution in [1.82, 2.24) is 5.32 Å². The quantitative estimate of drug-likeness (QED) is 0.839. The number of ether oxygens (including phenoxy) is 3. The predicted molar refractivity (Wildman–Crippen MR) is 63.8 cm³/mol. The number of amides is 1. The van der Waals surface area contributed by atoms with Crippen molar-refractivity contribution in [2.45, 2.75) is 0 Å². The molecule has 0 aliphatic rings. The molecule has 0 aliphatic heterocycles. The van der Waals surface area contributed by atoms with Gasteiger partial charge in [-0.05, 0) is 19.1 Å². The standard InChI is InChI=1S/C12H16NO4/c1-5-13-12(14)8-6-7-9(15-2)11(17-4)10(8)16-3/h6-7H,1,5H2,2-4H3,(H,13,14). The summed E-state index contributed by atoms with van der Waals surface area (Å²) in [4.78, 5) is 11.8. The maximum absolute atomic E-state index is 11.8. The number of nitrogens with one attached hydrogen (secondary N) is 1. The molecule has 1 N–H and O–H groups in total. The van der Waals surface area contributed by atoms with Crippen molar-refractivity contribution in [2.75, 3.05) is 27.9 Å². The first-order chi connectivity index (χ1) is 8.19.